The zero-order chi connectivity index (χ0) is 19.3. The van der Waals surface area contributed by atoms with Gasteiger partial charge in [-0.1, -0.05) is 0 Å². The topological polar surface area (TPSA) is 112 Å². The number of nitriles is 1. The van der Waals surface area contributed by atoms with Gasteiger partial charge in [0.05, 0.1) is 6.42 Å². The maximum atomic E-state index is 12.1. The molecule has 134 valence electrons. The first-order valence-electron chi connectivity index (χ1n) is 8.02. The largest absolute Gasteiger partial charge is 0.427 e. The van der Waals surface area contributed by atoms with Gasteiger partial charge in [0.1, 0.15) is 17.4 Å². The predicted molar refractivity (Wildman–Crippen MR) is 96.0 cm³/mol. The highest BCUT2D eigenvalue weighted by Crippen LogP contribution is 2.18. The van der Waals surface area contributed by atoms with Crippen LogP contribution in [-0.4, -0.2) is 16.9 Å². The summed E-state index contributed by atoms with van der Waals surface area (Å²) in [6.45, 7) is 4.84. The van der Waals surface area contributed by atoms with Crippen molar-refractivity contribution in [3.8, 4) is 11.8 Å². The Balaban J connectivity index is 2.02. The third kappa shape index (κ3) is 4.57. The number of carbonyl (C=O) groups excluding carboxylic acids is 2. The normalized spacial score (nSPS) is 10.1. The van der Waals surface area contributed by atoms with Crippen LogP contribution in [0.5, 0.6) is 5.75 Å². The lowest BCUT2D eigenvalue weighted by Crippen LogP contribution is -2.18. The van der Waals surface area contributed by atoms with E-state index >= 15 is 0 Å². The SMILES string of the molecule is CC(=O)Nc1ccc(OC(=O)CCc2c(C)[nH]c(=O)c(C#N)c2C)cc1. The Kier molecular flexibility index (Phi) is 5.91. The number of aromatic amines is 1. The van der Waals surface area contributed by atoms with Crippen LogP contribution >= 0.6 is 0 Å². The third-order valence-electron chi connectivity index (χ3n) is 3.91. The molecule has 0 spiro atoms. The van der Waals surface area contributed by atoms with Crippen LogP contribution in [0.3, 0.4) is 0 Å². The standard InChI is InChI=1S/C19H19N3O4/c1-11-16(12(2)21-19(25)17(11)10-20)8-9-18(24)26-15-6-4-14(5-7-15)22-13(3)23/h4-7H,8-9H2,1-3H3,(H,21,25)(H,22,23). The van der Waals surface area contributed by atoms with Gasteiger partial charge in [0.15, 0.2) is 0 Å². The number of hydrogen-bond donors (Lipinski definition) is 2. The van der Waals surface area contributed by atoms with Gasteiger partial charge in [-0.25, -0.2) is 0 Å². The summed E-state index contributed by atoms with van der Waals surface area (Å²) in [4.78, 5) is 37.4. The first-order valence-corrected chi connectivity index (χ1v) is 8.02. The number of nitrogens with zero attached hydrogens (tertiary/aromatic N) is 1. The quantitative estimate of drug-likeness (QED) is 0.633. The van der Waals surface area contributed by atoms with E-state index in [-0.39, 0.29) is 17.9 Å². The van der Waals surface area contributed by atoms with Crippen LogP contribution in [0.2, 0.25) is 0 Å². The molecule has 2 N–H and O–H groups in total. The van der Waals surface area contributed by atoms with Crippen LogP contribution in [-0.2, 0) is 16.0 Å². The van der Waals surface area contributed by atoms with Gasteiger partial charge in [-0.2, -0.15) is 5.26 Å². The molecule has 1 heterocycles. The van der Waals surface area contributed by atoms with E-state index in [1.54, 1.807) is 38.1 Å². The minimum absolute atomic E-state index is 0.0625. The Labute approximate surface area is 150 Å². The van der Waals surface area contributed by atoms with Crippen molar-refractivity contribution in [1.29, 1.82) is 5.26 Å². The number of ether oxygens (including phenoxy) is 1. The Morgan fingerprint density at radius 1 is 1.23 bits per heavy atom. The van der Waals surface area contributed by atoms with E-state index in [9.17, 15) is 14.4 Å². The van der Waals surface area contributed by atoms with Gasteiger partial charge < -0.3 is 15.0 Å². The van der Waals surface area contributed by atoms with Crippen molar-refractivity contribution in [2.75, 3.05) is 5.32 Å². The second-order valence-corrected chi connectivity index (χ2v) is 5.85. The average molecular weight is 353 g/mol. The fourth-order valence-electron chi connectivity index (χ4n) is 2.64. The van der Waals surface area contributed by atoms with Gasteiger partial charge in [-0.05, 0) is 55.7 Å². The molecule has 1 aromatic carbocycles. The van der Waals surface area contributed by atoms with Gasteiger partial charge >= 0.3 is 5.97 Å². The molecule has 0 saturated carbocycles. The summed E-state index contributed by atoms with van der Waals surface area (Å²) in [7, 11) is 0. The van der Waals surface area contributed by atoms with Crippen molar-refractivity contribution in [2.45, 2.75) is 33.6 Å². The highest BCUT2D eigenvalue weighted by molar-refractivity contribution is 5.88. The molecule has 2 rings (SSSR count). The van der Waals surface area contributed by atoms with Crippen molar-refractivity contribution in [2.24, 2.45) is 0 Å². The van der Waals surface area contributed by atoms with Crippen LogP contribution in [0, 0.1) is 25.2 Å². The van der Waals surface area contributed by atoms with Gasteiger partial charge in [0.2, 0.25) is 5.91 Å². The maximum absolute atomic E-state index is 12.1. The number of pyridine rings is 1. The molecule has 26 heavy (non-hydrogen) atoms. The van der Waals surface area contributed by atoms with Crippen molar-refractivity contribution < 1.29 is 14.3 Å². The van der Waals surface area contributed by atoms with E-state index in [4.69, 9.17) is 10.00 Å². The monoisotopic (exact) mass is 353 g/mol. The van der Waals surface area contributed by atoms with Crippen LogP contribution in [0.1, 0.15) is 35.7 Å². The molecule has 7 nitrogen and oxygen atoms in total. The number of hydrogen-bond acceptors (Lipinski definition) is 5. The molecule has 0 unspecified atom stereocenters. The summed E-state index contributed by atoms with van der Waals surface area (Å²) >= 11 is 0. The van der Waals surface area contributed by atoms with Crippen molar-refractivity contribution in [3.63, 3.8) is 0 Å². The lowest BCUT2D eigenvalue weighted by atomic mass is 9.99. The van der Waals surface area contributed by atoms with Gasteiger partial charge in [-0.15, -0.1) is 0 Å². The van der Waals surface area contributed by atoms with Crippen LogP contribution < -0.4 is 15.6 Å². The number of nitrogens with one attached hydrogen (secondary N) is 2. The number of benzene rings is 1. The number of amides is 1. The summed E-state index contributed by atoms with van der Waals surface area (Å²) < 4.78 is 5.27. The molecule has 0 saturated heterocycles. The highest BCUT2D eigenvalue weighted by Gasteiger charge is 2.14. The fourth-order valence-corrected chi connectivity index (χ4v) is 2.64. The maximum Gasteiger partial charge on any atom is 0.311 e. The molecule has 1 amide bonds. The van der Waals surface area contributed by atoms with E-state index in [1.807, 2.05) is 6.07 Å². The van der Waals surface area contributed by atoms with E-state index in [1.165, 1.54) is 6.92 Å². The van der Waals surface area contributed by atoms with Crippen LogP contribution in [0.4, 0.5) is 5.69 Å². The Hall–Kier alpha value is -3.40. The summed E-state index contributed by atoms with van der Waals surface area (Å²) in [5, 5.41) is 11.7. The smallest absolute Gasteiger partial charge is 0.311 e. The molecule has 0 atom stereocenters. The Bertz CT molecular complexity index is 937. The van der Waals surface area contributed by atoms with Crippen molar-refractivity contribution >= 4 is 17.6 Å². The number of aryl methyl sites for hydroxylation is 1. The van der Waals surface area contributed by atoms with E-state index in [0.717, 1.165) is 5.56 Å². The van der Waals surface area contributed by atoms with Crippen LogP contribution in [0.15, 0.2) is 29.1 Å². The van der Waals surface area contributed by atoms with Gasteiger partial charge in [0, 0.05) is 18.3 Å². The molecule has 1 aromatic heterocycles. The summed E-state index contributed by atoms with van der Waals surface area (Å²) in [6, 6.07) is 8.35. The van der Waals surface area contributed by atoms with Crippen molar-refractivity contribution in [1.82, 2.24) is 4.98 Å². The number of anilines is 1. The van der Waals surface area contributed by atoms with Crippen molar-refractivity contribution in [3.05, 3.63) is 57.0 Å². The van der Waals surface area contributed by atoms with Gasteiger partial charge in [0.25, 0.3) is 5.56 Å². The second-order valence-electron chi connectivity index (χ2n) is 5.85. The number of carbonyl (C=O) groups is 2. The molecule has 0 aliphatic carbocycles. The first kappa shape index (κ1) is 18.9. The molecule has 0 bridgehead atoms. The van der Waals surface area contributed by atoms with E-state index in [0.29, 0.717) is 29.1 Å². The minimum Gasteiger partial charge on any atom is -0.427 e. The lowest BCUT2D eigenvalue weighted by molar-refractivity contribution is -0.134. The molecule has 0 fully saturated rings. The lowest BCUT2D eigenvalue weighted by Gasteiger charge is -2.11. The van der Waals surface area contributed by atoms with Gasteiger partial charge in [-0.3, -0.25) is 14.4 Å². The molecular weight excluding hydrogens is 334 g/mol. The van der Waals surface area contributed by atoms with Crippen LogP contribution in [0.25, 0.3) is 0 Å². The summed E-state index contributed by atoms with van der Waals surface area (Å²) in [5.41, 5.74) is 2.24. The Morgan fingerprint density at radius 2 is 1.88 bits per heavy atom. The van der Waals surface area contributed by atoms with E-state index in [2.05, 4.69) is 10.3 Å². The number of esters is 1. The molecule has 0 aliphatic heterocycles. The predicted octanol–water partition coefficient (Wildman–Crippen LogP) is 2.36. The molecular formula is C19H19N3O4. The molecule has 0 radical (unpaired) electrons. The third-order valence-corrected chi connectivity index (χ3v) is 3.91. The number of aromatic nitrogens is 1. The number of H-pyrrole nitrogens is 1. The van der Waals surface area contributed by atoms with E-state index < -0.39 is 11.5 Å². The molecule has 2 aromatic rings. The average Bonchev–Trinajstić information content (AvgIpc) is 2.56. The zero-order valence-corrected chi connectivity index (χ0v) is 14.8. The second kappa shape index (κ2) is 8.12. The minimum atomic E-state index is -0.430. The number of rotatable bonds is 5. The fraction of sp³-hybridized carbons (Fsp3) is 0.263. The molecule has 0 aliphatic rings. The summed E-state index contributed by atoms with van der Waals surface area (Å²) in [6.07, 6.45) is 0.456. The zero-order valence-electron chi connectivity index (χ0n) is 14.8. The Morgan fingerprint density at radius 3 is 2.46 bits per heavy atom. The first-order chi connectivity index (χ1) is 12.3. The molecule has 7 heteroatoms. The highest BCUT2D eigenvalue weighted by atomic mass is 16.5. The summed E-state index contributed by atoms with van der Waals surface area (Å²) in [5.74, 6) is -0.240.